The summed E-state index contributed by atoms with van der Waals surface area (Å²) in [4.78, 5) is 18.1. The minimum Gasteiger partial charge on any atom is -0.493 e. The van der Waals surface area contributed by atoms with Crippen LogP contribution in [0.2, 0.25) is 35.7 Å². The highest BCUT2D eigenvalue weighted by molar-refractivity contribution is 6.76. The minimum absolute atomic E-state index is 0.260. The predicted molar refractivity (Wildman–Crippen MR) is 147 cm³/mol. The number of para-hydroxylation sites is 2. The quantitative estimate of drug-likeness (QED) is 0.117. The number of ketones is 1. The molecule has 36 heavy (non-hydrogen) atoms. The molecule has 2 aromatic carbocycles. The average Bonchev–Trinajstić information content (AvgIpc) is 3.21. The van der Waals surface area contributed by atoms with Crippen molar-refractivity contribution < 1.29 is 19.0 Å². The summed E-state index contributed by atoms with van der Waals surface area (Å²) in [5.41, 5.74) is 1.34. The number of halogens is 2. The van der Waals surface area contributed by atoms with Gasteiger partial charge in [0.1, 0.15) is 18.1 Å². The summed E-state index contributed by atoms with van der Waals surface area (Å²) in [6.45, 7) is 7.83. The Kier molecular flexibility index (Phi) is 8.05. The molecule has 0 aliphatic carbocycles. The fraction of sp³-hybridized carbons (Fsp3) is 0.259. The molecule has 4 rings (SSSR count). The van der Waals surface area contributed by atoms with E-state index >= 15 is 0 Å². The van der Waals surface area contributed by atoms with E-state index in [0.29, 0.717) is 51.0 Å². The number of pyridine rings is 1. The zero-order valence-electron chi connectivity index (χ0n) is 20.7. The van der Waals surface area contributed by atoms with E-state index in [1.54, 1.807) is 55.9 Å². The highest BCUT2D eigenvalue weighted by Gasteiger charge is 2.22. The van der Waals surface area contributed by atoms with Gasteiger partial charge in [0.2, 0.25) is 0 Å². The van der Waals surface area contributed by atoms with E-state index in [-0.39, 0.29) is 17.5 Å². The molecule has 0 bridgehead atoms. The fourth-order valence-corrected chi connectivity index (χ4v) is 4.96. The van der Waals surface area contributed by atoms with Gasteiger partial charge in [-0.05, 0) is 36.4 Å². The third kappa shape index (κ3) is 5.92. The number of ether oxygens (including phenoxy) is 3. The normalized spacial score (nSPS) is 11.6. The molecule has 0 saturated heterocycles. The largest absolute Gasteiger partial charge is 0.493 e. The van der Waals surface area contributed by atoms with Crippen LogP contribution in [0.1, 0.15) is 15.9 Å². The summed E-state index contributed by atoms with van der Waals surface area (Å²) in [6.07, 6.45) is 3.35. The number of benzene rings is 2. The lowest BCUT2D eigenvalue weighted by Crippen LogP contribution is -2.22. The lowest BCUT2D eigenvalue weighted by atomic mass is 10.0. The number of aromatic nitrogens is 2. The molecule has 0 spiro atoms. The second kappa shape index (κ2) is 11.0. The van der Waals surface area contributed by atoms with Crippen LogP contribution in [-0.4, -0.2) is 37.1 Å². The first-order chi connectivity index (χ1) is 17.2. The van der Waals surface area contributed by atoms with Crippen LogP contribution in [0, 0.1) is 0 Å². The Morgan fingerprint density at radius 3 is 2.44 bits per heavy atom. The standard InChI is InChI=1S/C27H28Cl2N2O4Si/c1-33-23-7-5-6-8-24(23)35-18-9-10-19(22(29)15-18)26(32)20-16-31(17-34-13-14-36(2,3)4)27-25(20)21(28)11-12-30-27/h5-12,15-16H,13-14,17H2,1-4H3. The SMILES string of the molecule is COc1ccccc1Oc1ccc(C(=O)c2cn(COCC[Si](C)(C)C)c3nccc(Cl)c23)c(Cl)c1. The molecule has 6 nitrogen and oxygen atoms in total. The van der Waals surface area contributed by atoms with Crippen LogP contribution in [-0.2, 0) is 11.5 Å². The summed E-state index contributed by atoms with van der Waals surface area (Å²) in [5.74, 6) is 1.37. The number of methoxy groups -OCH3 is 1. The molecule has 4 aromatic rings. The molecule has 0 saturated carbocycles. The number of carbonyl (C=O) groups excluding carboxylic acids is 1. The van der Waals surface area contributed by atoms with Crippen molar-refractivity contribution in [1.29, 1.82) is 0 Å². The molecule has 0 unspecified atom stereocenters. The van der Waals surface area contributed by atoms with Crippen LogP contribution in [0.5, 0.6) is 17.2 Å². The van der Waals surface area contributed by atoms with Crippen molar-refractivity contribution in [2.45, 2.75) is 32.4 Å². The molecular weight excluding hydrogens is 515 g/mol. The summed E-state index contributed by atoms with van der Waals surface area (Å²) in [7, 11) is 0.361. The number of hydrogen-bond donors (Lipinski definition) is 0. The van der Waals surface area contributed by atoms with Crippen LogP contribution >= 0.6 is 23.2 Å². The van der Waals surface area contributed by atoms with Crippen LogP contribution in [0.15, 0.2) is 60.9 Å². The molecule has 2 aromatic heterocycles. The van der Waals surface area contributed by atoms with Gasteiger partial charge in [-0.25, -0.2) is 4.98 Å². The molecule has 0 fully saturated rings. The molecule has 0 aliphatic heterocycles. The third-order valence-corrected chi connectivity index (χ3v) is 7.99. The van der Waals surface area contributed by atoms with Crippen LogP contribution in [0.25, 0.3) is 11.0 Å². The Bertz CT molecular complexity index is 1400. The molecule has 0 aliphatic rings. The maximum absolute atomic E-state index is 13.6. The van der Waals surface area contributed by atoms with E-state index in [4.69, 9.17) is 37.4 Å². The highest BCUT2D eigenvalue weighted by atomic mass is 35.5. The lowest BCUT2D eigenvalue weighted by molar-refractivity contribution is 0.0896. The van der Waals surface area contributed by atoms with Crippen molar-refractivity contribution in [2.24, 2.45) is 0 Å². The van der Waals surface area contributed by atoms with E-state index in [2.05, 4.69) is 24.6 Å². The molecule has 0 amide bonds. The molecular formula is C27H28Cl2N2O4Si. The van der Waals surface area contributed by atoms with Crippen LogP contribution < -0.4 is 9.47 Å². The van der Waals surface area contributed by atoms with Gasteiger partial charge in [0.15, 0.2) is 17.3 Å². The smallest absolute Gasteiger partial charge is 0.196 e. The van der Waals surface area contributed by atoms with Gasteiger partial charge < -0.3 is 18.8 Å². The number of fused-ring (bicyclic) bond motifs is 1. The maximum atomic E-state index is 13.6. The number of hydrogen-bond acceptors (Lipinski definition) is 5. The first kappa shape index (κ1) is 26.2. The van der Waals surface area contributed by atoms with E-state index in [9.17, 15) is 4.79 Å². The van der Waals surface area contributed by atoms with Gasteiger partial charge in [0.05, 0.1) is 22.7 Å². The minimum atomic E-state index is -1.21. The molecule has 0 radical (unpaired) electrons. The first-order valence-corrected chi connectivity index (χ1v) is 16.0. The molecule has 2 heterocycles. The van der Waals surface area contributed by atoms with Gasteiger partial charge in [-0.15, -0.1) is 0 Å². The van der Waals surface area contributed by atoms with Crippen molar-refractivity contribution in [2.75, 3.05) is 13.7 Å². The first-order valence-electron chi connectivity index (χ1n) is 11.5. The predicted octanol–water partition coefficient (Wildman–Crippen LogP) is 7.69. The summed E-state index contributed by atoms with van der Waals surface area (Å²) in [6, 6.07) is 15.0. The summed E-state index contributed by atoms with van der Waals surface area (Å²) in [5, 5.41) is 1.28. The van der Waals surface area contributed by atoms with Gasteiger partial charge in [-0.3, -0.25) is 4.79 Å². The van der Waals surface area contributed by atoms with Crippen molar-refractivity contribution in [1.82, 2.24) is 9.55 Å². The Morgan fingerprint density at radius 2 is 1.75 bits per heavy atom. The van der Waals surface area contributed by atoms with Crippen molar-refractivity contribution >= 4 is 48.1 Å². The van der Waals surface area contributed by atoms with Gasteiger partial charge in [-0.1, -0.05) is 55.0 Å². The van der Waals surface area contributed by atoms with Crippen molar-refractivity contribution in [3.63, 3.8) is 0 Å². The Labute approximate surface area is 221 Å². The Balaban J connectivity index is 1.61. The zero-order valence-corrected chi connectivity index (χ0v) is 23.2. The van der Waals surface area contributed by atoms with E-state index in [1.807, 2.05) is 16.7 Å². The Morgan fingerprint density at radius 1 is 1.00 bits per heavy atom. The molecule has 188 valence electrons. The topological polar surface area (TPSA) is 62.6 Å². The highest BCUT2D eigenvalue weighted by Crippen LogP contribution is 2.35. The second-order valence-corrected chi connectivity index (χ2v) is 16.0. The number of rotatable bonds is 10. The van der Waals surface area contributed by atoms with E-state index in [1.165, 1.54) is 0 Å². The van der Waals surface area contributed by atoms with Crippen LogP contribution in [0.3, 0.4) is 0 Å². The van der Waals surface area contributed by atoms with E-state index in [0.717, 1.165) is 6.04 Å². The second-order valence-electron chi connectivity index (χ2n) is 9.58. The average molecular weight is 544 g/mol. The van der Waals surface area contributed by atoms with Gasteiger partial charge >= 0.3 is 0 Å². The van der Waals surface area contributed by atoms with E-state index < -0.39 is 8.07 Å². The van der Waals surface area contributed by atoms with Gasteiger partial charge in [0.25, 0.3) is 0 Å². The van der Waals surface area contributed by atoms with Crippen molar-refractivity contribution in [3.05, 3.63) is 82.1 Å². The molecule has 9 heteroatoms. The number of nitrogens with zero attached hydrogens (tertiary/aromatic N) is 2. The van der Waals surface area contributed by atoms with Gasteiger partial charge in [-0.2, -0.15) is 0 Å². The van der Waals surface area contributed by atoms with Crippen LogP contribution in [0.4, 0.5) is 0 Å². The third-order valence-electron chi connectivity index (χ3n) is 5.66. The monoisotopic (exact) mass is 542 g/mol. The van der Waals surface area contributed by atoms with Crippen molar-refractivity contribution in [3.8, 4) is 17.2 Å². The molecule has 0 atom stereocenters. The Hall–Kier alpha value is -2.84. The molecule has 0 N–H and O–H groups in total. The zero-order chi connectivity index (χ0) is 25.9. The fourth-order valence-electron chi connectivity index (χ4n) is 3.71. The lowest BCUT2D eigenvalue weighted by Gasteiger charge is -2.15. The maximum Gasteiger partial charge on any atom is 0.196 e. The number of carbonyl (C=O) groups is 1. The van der Waals surface area contributed by atoms with Gasteiger partial charge in [0, 0.05) is 44.1 Å². The summed E-state index contributed by atoms with van der Waals surface area (Å²) < 4.78 is 19.0. The summed E-state index contributed by atoms with van der Waals surface area (Å²) >= 11 is 13.1.